The molecule has 0 saturated carbocycles. The molecule has 0 radical (unpaired) electrons. The average Bonchev–Trinajstić information content (AvgIpc) is 3.30. The van der Waals surface area contributed by atoms with Crippen LogP contribution in [0, 0.1) is 9.39 Å². The molecule has 8 nitrogen and oxygen atoms in total. The topological polar surface area (TPSA) is 88.4 Å². The highest BCUT2D eigenvalue weighted by Gasteiger charge is 2.33. The van der Waals surface area contributed by atoms with Gasteiger partial charge in [-0.1, -0.05) is 35.6 Å². The van der Waals surface area contributed by atoms with Gasteiger partial charge >= 0.3 is 5.97 Å². The van der Waals surface area contributed by atoms with Gasteiger partial charge < -0.3 is 18.9 Å². The largest absolute Gasteiger partial charge is 0.496 e. The second-order valence-corrected chi connectivity index (χ2v) is 12.6. The molecule has 0 fully saturated rings. The monoisotopic (exact) mass is 792 g/mol. The molecule has 0 saturated heterocycles. The number of rotatable bonds is 9. The lowest BCUT2D eigenvalue weighted by Crippen LogP contribution is -2.40. The van der Waals surface area contributed by atoms with E-state index in [4.69, 9.17) is 18.9 Å². The van der Waals surface area contributed by atoms with E-state index in [1.807, 2.05) is 18.2 Å². The molecule has 0 amide bonds. The number of allylic oxidation sites excluding steroid dienone is 1. The van der Waals surface area contributed by atoms with Crippen LogP contribution in [0.5, 0.6) is 17.2 Å². The molecule has 228 valence electrons. The van der Waals surface area contributed by atoms with Crippen molar-refractivity contribution in [2.24, 2.45) is 4.99 Å². The SMILES string of the molecule is CCOC(=O)C1=C(C)N=c2s/c(=C/c3cc(I)c(OCc4ccccc4F)c(OC)c3)c(=O)n2[C@@H]1c1ccc(OC)c(Br)c1. The molecule has 2 heterocycles. The number of hydrogen-bond donors (Lipinski definition) is 0. The molecule has 0 bridgehead atoms. The Labute approximate surface area is 278 Å². The highest BCUT2D eigenvalue weighted by molar-refractivity contribution is 14.1. The summed E-state index contributed by atoms with van der Waals surface area (Å²) in [5.74, 6) is 0.633. The molecule has 4 aromatic rings. The van der Waals surface area contributed by atoms with E-state index < -0.39 is 12.0 Å². The maximum absolute atomic E-state index is 14.1. The van der Waals surface area contributed by atoms with Gasteiger partial charge in [0.05, 0.1) is 50.7 Å². The van der Waals surface area contributed by atoms with E-state index in [0.717, 1.165) is 3.57 Å². The number of fused-ring (bicyclic) bond motifs is 1. The van der Waals surface area contributed by atoms with Gasteiger partial charge in [-0.25, -0.2) is 14.2 Å². The summed E-state index contributed by atoms with van der Waals surface area (Å²) in [6.07, 6.45) is 1.75. The first-order valence-corrected chi connectivity index (χ1v) is 16.1. The van der Waals surface area contributed by atoms with Crippen molar-refractivity contribution in [3.63, 3.8) is 0 Å². The highest BCUT2D eigenvalue weighted by Crippen LogP contribution is 2.36. The second kappa shape index (κ2) is 13.7. The fraction of sp³-hybridized carbons (Fsp3) is 0.219. The number of carbonyl (C=O) groups is 1. The van der Waals surface area contributed by atoms with Crippen LogP contribution in [0.1, 0.15) is 36.6 Å². The van der Waals surface area contributed by atoms with E-state index in [9.17, 15) is 14.0 Å². The third-order valence-corrected chi connectivity index (χ3v) is 9.29. The first-order chi connectivity index (χ1) is 21.2. The quantitative estimate of drug-likeness (QED) is 0.155. The van der Waals surface area contributed by atoms with Crippen molar-refractivity contribution in [3.8, 4) is 17.2 Å². The Balaban J connectivity index is 1.59. The zero-order valence-corrected chi connectivity index (χ0v) is 28.7. The Morgan fingerprint density at radius 1 is 1.14 bits per heavy atom. The molecule has 0 aliphatic carbocycles. The zero-order chi connectivity index (χ0) is 31.5. The molecular formula is C32H27BrFIN2O6S. The highest BCUT2D eigenvalue weighted by atomic mass is 127. The maximum atomic E-state index is 14.1. The fourth-order valence-corrected chi connectivity index (χ4v) is 7.23. The summed E-state index contributed by atoms with van der Waals surface area (Å²) in [7, 11) is 3.08. The molecule has 1 aliphatic rings. The van der Waals surface area contributed by atoms with Gasteiger partial charge in [0.15, 0.2) is 16.3 Å². The van der Waals surface area contributed by atoms with Gasteiger partial charge in [-0.05, 0) is 99.9 Å². The van der Waals surface area contributed by atoms with E-state index in [2.05, 4.69) is 43.5 Å². The van der Waals surface area contributed by atoms with Gasteiger partial charge in [-0.3, -0.25) is 9.36 Å². The van der Waals surface area contributed by atoms with Crippen LogP contribution in [0.2, 0.25) is 0 Å². The predicted octanol–water partition coefficient (Wildman–Crippen LogP) is 5.90. The summed E-state index contributed by atoms with van der Waals surface area (Å²) in [4.78, 5) is 32.3. The molecule has 1 atom stereocenters. The number of aromatic nitrogens is 1. The van der Waals surface area contributed by atoms with Gasteiger partial charge in [0.25, 0.3) is 5.56 Å². The Morgan fingerprint density at radius 2 is 1.89 bits per heavy atom. The first-order valence-electron chi connectivity index (χ1n) is 13.4. The summed E-state index contributed by atoms with van der Waals surface area (Å²) in [6, 6.07) is 14.7. The smallest absolute Gasteiger partial charge is 0.338 e. The number of esters is 1. The van der Waals surface area contributed by atoms with Crippen LogP contribution in [0.3, 0.4) is 0 Å². The van der Waals surface area contributed by atoms with E-state index in [-0.39, 0.29) is 30.2 Å². The van der Waals surface area contributed by atoms with Crippen LogP contribution < -0.4 is 29.1 Å². The van der Waals surface area contributed by atoms with Crippen molar-refractivity contribution >= 4 is 61.9 Å². The van der Waals surface area contributed by atoms with Gasteiger partial charge in [0.1, 0.15) is 18.2 Å². The number of benzene rings is 3. The summed E-state index contributed by atoms with van der Waals surface area (Å²) < 4.78 is 39.8. The van der Waals surface area contributed by atoms with Crippen LogP contribution in [-0.2, 0) is 16.1 Å². The minimum Gasteiger partial charge on any atom is -0.496 e. The molecule has 44 heavy (non-hydrogen) atoms. The predicted molar refractivity (Wildman–Crippen MR) is 178 cm³/mol. The van der Waals surface area contributed by atoms with Gasteiger partial charge in [-0.2, -0.15) is 0 Å². The lowest BCUT2D eigenvalue weighted by molar-refractivity contribution is -0.139. The van der Waals surface area contributed by atoms with Gasteiger partial charge in [-0.15, -0.1) is 0 Å². The third-order valence-electron chi connectivity index (χ3n) is 6.89. The number of hydrogen-bond acceptors (Lipinski definition) is 8. The van der Waals surface area contributed by atoms with Gasteiger partial charge in [0.2, 0.25) is 0 Å². The number of methoxy groups -OCH3 is 2. The van der Waals surface area contributed by atoms with Crippen molar-refractivity contribution < 1.29 is 28.1 Å². The minimum absolute atomic E-state index is 0.0284. The number of ether oxygens (including phenoxy) is 4. The molecule has 1 aromatic heterocycles. The zero-order valence-electron chi connectivity index (χ0n) is 24.2. The summed E-state index contributed by atoms with van der Waals surface area (Å²) >= 11 is 6.87. The lowest BCUT2D eigenvalue weighted by Gasteiger charge is -2.25. The average molecular weight is 793 g/mol. The molecule has 0 N–H and O–H groups in total. The molecule has 0 spiro atoms. The summed E-state index contributed by atoms with van der Waals surface area (Å²) in [5, 5.41) is 0. The van der Waals surface area contributed by atoms with Crippen LogP contribution >= 0.6 is 49.9 Å². The van der Waals surface area contributed by atoms with Crippen LogP contribution in [0.25, 0.3) is 6.08 Å². The normalized spacial score (nSPS) is 14.6. The number of nitrogens with zero attached hydrogens (tertiary/aromatic N) is 2. The van der Waals surface area contributed by atoms with Crippen molar-refractivity contribution in [2.45, 2.75) is 26.5 Å². The number of halogens is 3. The lowest BCUT2D eigenvalue weighted by atomic mass is 9.96. The van der Waals surface area contributed by atoms with Gasteiger partial charge in [0, 0.05) is 5.56 Å². The van der Waals surface area contributed by atoms with E-state index >= 15 is 0 Å². The van der Waals surface area contributed by atoms with Crippen LogP contribution in [0.15, 0.2) is 80.1 Å². The van der Waals surface area contributed by atoms with Crippen LogP contribution in [0.4, 0.5) is 4.39 Å². The minimum atomic E-state index is -0.765. The molecule has 5 rings (SSSR count). The Bertz CT molecular complexity index is 1970. The summed E-state index contributed by atoms with van der Waals surface area (Å²) in [5.41, 5.74) is 2.26. The van der Waals surface area contributed by atoms with Crippen molar-refractivity contribution in [1.82, 2.24) is 4.57 Å². The number of carbonyl (C=O) groups excluding carboxylic acids is 1. The van der Waals surface area contributed by atoms with E-state index in [1.165, 1.54) is 29.1 Å². The second-order valence-electron chi connectivity index (χ2n) is 9.61. The maximum Gasteiger partial charge on any atom is 0.338 e. The fourth-order valence-electron chi connectivity index (χ4n) is 4.84. The molecule has 0 unspecified atom stereocenters. The molecular weight excluding hydrogens is 766 g/mol. The standard InChI is InChI=1S/C32H27BrFIN2O6S/c1-5-42-31(39)27-17(2)36-32-37(28(27)19-10-11-24(40-3)21(33)15-19)30(38)26(44-32)14-18-12-23(35)29(25(13-18)41-4)43-16-20-8-6-7-9-22(20)34/h6-15,28H,5,16H2,1-4H3/b26-14+/t28-/m1/s1. The Hall–Kier alpha value is -3.49. The number of thiazole rings is 1. The first kappa shape index (κ1) is 31.9. The van der Waals surface area contributed by atoms with Crippen molar-refractivity contribution in [2.75, 3.05) is 20.8 Å². The van der Waals surface area contributed by atoms with Crippen molar-refractivity contribution in [1.29, 1.82) is 0 Å². The van der Waals surface area contributed by atoms with Crippen molar-refractivity contribution in [3.05, 3.63) is 116 Å². The Morgan fingerprint density at radius 3 is 2.57 bits per heavy atom. The summed E-state index contributed by atoms with van der Waals surface area (Å²) in [6.45, 7) is 3.68. The van der Waals surface area contributed by atoms with E-state index in [1.54, 1.807) is 57.4 Å². The molecule has 3 aromatic carbocycles. The van der Waals surface area contributed by atoms with E-state index in [0.29, 0.717) is 53.4 Å². The third kappa shape index (κ3) is 6.33. The van der Waals surface area contributed by atoms with Crippen LogP contribution in [-0.4, -0.2) is 31.4 Å². The molecule has 12 heteroatoms. The molecule has 1 aliphatic heterocycles. The Kier molecular flexibility index (Phi) is 9.90.